The minimum atomic E-state index is -0.126. The molecular weight excluding hydrogens is 887 g/mol. The maximum absolute atomic E-state index is 12.1. The van der Waals surface area contributed by atoms with Gasteiger partial charge in [-0.3, -0.25) is 18.3 Å². The fraction of sp³-hybridized carbons (Fsp3) is 0.158. The molecule has 0 aliphatic rings. The van der Waals surface area contributed by atoms with Crippen molar-refractivity contribution in [3.63, 3.8) is 0 Å². The van der Waals surface area contributed by atoms with Gasteiger partial charge in [0.1, 0.15) is 29.6 Å². The van der Waals surface area contributed by atoms with Gasteiger partial charge < -0.3 is 30.8 Å². The standard InChI is InChI=1S/C22H21N3O3.C15H15N3O3.CH4.BBr3/c1-24-19-12-18(23)21(13-20(19)25(2)22(24)26)28-17-10-6-9-16(11-17)27-14-15-7-4-3-5-8-15;1-17-12-7-11(16)14(8-13(12)18(2)15(17)20)21-10-5-3-4-9(19)6-10;;2-1(3)4/h3-13H,14,23H2,1-2H3;3-8,19H,16H2,1-2H3;1H4;. The zero-order chi connectivity index (χ0) is 38.4. The van der Waals surface area contributed by atoms with Crippen molar-refractivity contribution in [1.82, 2.24) is 18.3 Å². The fourth-order valence-corrected chi connectivity index (χ4v) is 5.43. The van der Waals surface area contributed by atoms with Gasteiger partial charge in [-0.05, 0) is 42.0 Å². The van der Waals surface area contributed by atoms with E-state index in [9.17, 15) is 14.7 Å². The topological polar surface area (TPSA) is 154 Å². The number of anilines is 2. The first kappa shape index (κ1) is 41.7. The van der Waals surface area contributed by atoms with Crippen LogP contribution in [0, 0.1) is 0 Å². The van der Waals surface area contributed by atoms with Gasteiger partial charge in [0.15, 0.2) is 11.5 Å². The molecule has 7 aromatic rings. The number of halogens is 3. The predicted molar refractivity (Wildman–Crippen MR) is 230 cm³/mol. The zero-order valence-electron chi connectivity index (χ0n) is 29.2. The number of aromatic hydroxyl groups is 1. The van der Waals surface area contributed by atoms with E-state index in [1.165, 1.54) is 15.2 Å². The Morgan fingerprint density at radius 2 is 1.00 bits per heavy atom. The van der Waals surface area contributed by atoms with Crippen LogP contribution < -0.4 is 37.1 Å². The molecule has 7 rings (SSSR count). The summed E-state index contributed by atoms with van der Waals surface area (Å²) in [5.41, 5.74) is 16.9. The Morgan fingerprint density at radius 3 is 1.46 bits per heavy atom. The summed E-state index contributed by atoms with van der Waals surface area (Å²) in [7, 11) is 6.83. The van der Waals surface area contributed by atoms with E-state index < -0.39 is 0 Å². The van der Waals surface area contributed by atoms with Crippen LogP contribution in [0.4, 0.5) is 11.4 Å². The van der Waals surface area contributed by atoms with Gasteiger partial charge >= 0.3 is 14.6 Å². The second-order valence-corrected chi connectivity index (χ2v) is 18.2. The van der Waals surface area contributed by atoms with Crippen molar-refractivity contribution in [3.8, 4) is 34.5 Å². The van der Waals surface area contributed by atoms with Crippen molar-refractivity contribution in [2.24, 2.45) is 28.2 Å². The third-order valence-electron chi connectivity index (χ3n) is 8.13. The molecule has 0 saturated carbocycles. The highest BCUT2D eigenvalue weighted by atomic mass is 79.9. The van der Waals surface area contributed by atoms with Crippen LogP contribution in [0.2, 0.25) is 0 Å². The van der Waals surface area contributed by atoms with Gasteiger partial charge in [0, 0.05) is 52.5 Å². The number of nitrogens with two attached hydrogens (primary N) is 2. The van der Waals surface area contributed by atoms with Crippen LogP contribution in [-0.2, 0) is 34.8 Å². The molecule has 12 nitrogen and oxygen atoms in total. The molecule has 5 N–H and O–H groups in total. The van der Waals surface area contributed by atoms with E-state index in [4.69, 9.17) is 25.7 Å². The molecule has 54 heavy (non-hydrogen) atoms. The Balaban J connectivity index is 0.000000222. The molecule has 5 aromatic carbocycles. The second-order valence-electron chi connectivity index (χ2n) is 11.8. The summed E-state index contributed by atoms with van der Waals surface area (Å²) < 4.78 is 24.0. The van der Waals surface area contributed by atoms with E-state index in [1.807, 2.05) is 54.6 Å². The molecule has 0 saturated heterocycles. The molecule has 0 radical (unpaired) electrons. The molecule has 2 aromatic heterocycles. The maximum Gasteiger partial charge on any atom is 0.369 e. The number of phenols is 1. The summed E-state index contributed by atoms with van der Waals surface area (Å²) in [5.74, 6) is 2.83. The highest BCUT2D eigenvalue weighted by molar-refractivity contribution is 9.69. The summed E-state index contributed by atoms with van der Waals surface area (Å²) >= 11 is 9.31. The van der Waals surface area contributed by atoms with Crippen LogP contribution >= 0.6 is 47.3 Å². The molecule has 0 aliphatic heterocycles. The number of nitrogen functional groups attached to an aromatic ring is 2. The third-order valence-corrected chi connectivity index (χ3v) is 8.13. The number of benzene rings is 5. The Kier molecular flexibility index (Phi) is 14.1. The van der Waals surface area contributed by atoms with Crippen molar-refractivity contribution in [1.29, 1.82) is 0 Å². The van der Waals surface area contributed by atoms with Crippen molar-refractivity contribution < 1.29 is 19.3 Å². The SMILES string of the molecule is BrB(Br)Br.C.Cn1c(=O)n(C)c2cc(Oc3cccc(O)c3)c(N)cc21.Cn1c(=O)n(C)c2cc(Oc3cccc(OCc4ccccc4)c3)c(N)cc21. The van der Waals surface area contributed by atoms with Gasteiger partial charge in [0.25, 0.3) is 0 Å². The van der Waals surface area contributed by atoms with E-state index in [1.54, 1.807) is 79.8 Å². The van der Waals surface area contributed by atoms with E-state index in [2.05, 4.69) is 47.3 Å². The lowest BCUT2D eigenvalue weighted by Crippen LogP contribution is -2.19. The maximum atomic E-state index is 12.1. The number of nitrogens with zero attached hydrogens (tertiary/aromatic N) is 4. The molecule has 16 heteroatoms. The minimum absolute atomic E-state index is 0. The molecular formula is C38H40BBr3N6O6. The monoisotopic (exact) mass is 924 g/mol. The fourth-order valence-electron chi connectivity index (χ4n) is 5.43. The Morgan fingerprint density at radius 1 is 0.593 bits per heavy atom. The van der Waals surface area contributed by atoms with Gasteiger partial charge in [0.05, 0.1) is 33.4 Å². The van der Waals surface area contributed by atoms with Gasteiger partial charge in [-0.25, -0.2) is 9.59 Å². The summed E-state index contributed by atoms with van der Waals surface area (Å²) in [6.07, 6.45) is 0. The largest absolute Gasteiger partial charge is 0.508 e. The average molecular weight is 927 g/mol. The lowest BCUT2D eigenvalue weighted by Gasteiger charge is -2.11. The normalized spacial score (nSPS) is 10.4. The number of aryl methyl sites for hydroxylation is 4. The third kappa shape index (κ3) is 9.92. The molecule has 0 unspecified atom stereocenters. The van der Waals surface area contributed by atoms with Crippen LogP contribution in [0.1, 0.15) is 13.0 Å². The predicted octanol–water partition coefficient (Wildman–Crippen LogP) is 8.58. The van der Waals surface area contributed by atoms with E-state index >= 15 is 0 Å². The van der Waals surface area contributed by atoms with Gasteiger partial charge in [-0.1, -0.05) is 49.9 Å². The van der Waals surface area contributed by atoms with Crippen molar-refractivity contribution in [2.75, 3.05) is 11.5 Å². The minimum Gasteiger partial charge on any atom is -0.508 e. The molecule has 282 valence electrons. The van der Waals surface area contributed by atoms with Crippen molar-refractivity contribution in [3.05, 3.63) is 130 Å². The summed E-state index contributed by atoms with van der Waals surface area (Å²) in [4.78, 5) is 24.1. The highest BCUT2D eigenvalue weighted by Gasteiger charge is 2.14. The average Bonchev–Trinajstić information content (AvgIpc) is 3.46. The lowest BCUT2D eigenvalue weighted by molar-refractivity contribution is 0.304. The lowest BCUT2D eigenvalue weighted by atomic mass is 10.2. The quantitative estimate of drug-likeness (QED) is 0.106. The van der Waals surface area contributed by atoms with E-state index in [0.29, 0.717) is 46.7 Å². The van der Waals surface area contributed by atoms with Crippen LogP contribution in [0.15, 0.2) is 113 Å². The number of rotatable bonds is 7. The van der Waals surface area contributed by atoms with Crippen LogP contribution in [0.3, 0.4) is 0 Å². The molecule has 0 aliphatic carbocycles. The molecule has 2 heterocycles. The van der Waals surface area contributed by atoms with Crippen molar-refractivity contribution >= 4 is 83.9 Å². The number of phenolic OH excluding ortho intramolecular Hbond substituents is 1. The first-order valence-corrected chi connectivity index (χ1v) is 18.7. The second kappa shape index (κ2) is 18.3. The molecule has 0 spiro atoms. The van der Waals surface area contributed by atoms with Gasteiger partial charge in [-0.2, -0.15) is 0 Å². The number of imidazole rings is 2. The van der Waals surface area contributed by atoms with E-state index in [-0.39, 0.29) is 27.7 Å². The van der Waals surface area contributed by atoms with Crippen LogP contribution in [0.25, 0.3) is 22.1 Å². The number of aromatic nitrogens is 4. The number of hydrogen-bond acceptors (Lipinski definition) is 8. The van der Waals surface area contributed by atoms with Crippen molar-refractivity contribution in [2.45, 2.75) is 14.0 Å². The Labute approximate surface area is 337 Å². The Bertz CT molecular complexity index is 2500. The van der Waals surface area contributed by atoms with Crippen LogP contribution in [0.5, 0.6) is 34.5 Å². The summed E-state index contributed by atoms with van der Waals surface area (Å²) in [6, 6.07) is 30.8. The number of fused-ring (bicyclic) bond motifs is 2. The first-order chi connectivity index (χ1) is 25.2. The van der Waals surface area contributed by atoms with Gasteiger partial charge in [0.2, 0.25) is 0 Å². The first-order valence-electron chi connectivity index (χ1n) is 16.0. The van der Waals surface area contributed by atoms with Gasteiger partial charge in [-0.15, -0.1) is 47.3 Å². The van der Waals surface area contributed by atoms with E-state index in [0.717, 1.165) is 27.6 Å². The summed E-state index contributed by atoms with van der Waals surface area (Å²) in [5, 5.41) is 9.46. The number of ether oxygens (including phenoxy) is 3. The number of hydrogen-bond donors (Lipinski definition) is 3. The molecule has 0 amide bonds. The Hall–Kier alpha value is -5.06. The molecule has 0 fully saturated rings. The zero-order valence-corrected chi connectivity index (χ0v) is 33.9. The smallest absolute Gasteiger partial charge is 0.369 e. The highest BCUT2D eigenvalue weighted by Crippen LogP contribution is 2.34. The molecule has 0 bridgehead atoms. The van der Waals surface area contributed by atoms with Crippen LogP contribution in [-0.4, -0.2) is 26.6 Å². The summed E-state index contributed by atoms with van der Waals surface area (Å²) in [6.45, 7) is 0.477. The molecule has 0 atom stereocenters.